The first-order valence-electron chi connectivity index (χ1n) is 6.35. The smallest absolute Gasteiger partial charge is 0.226 e. The Kier molecular flexibility index (Phi) is 4.92. The molecule has 0 amide bonds. The van der Waals surface area contributed by atoms with E-state index in [1.807, 2.05) is 0 Å². The Morgan fingerprint density at radius 2 is 2.28 bits per heavy atom. The number of nitrogens with one attached hydrogen (secondary N) is 1. The van der Waals surface area contributed by atoms with Crippen molar-refractivity contribution in [2.24, 2.45) is 0 Å². The van der Waals surface area contributed by atoms with Gasteiger partial charge in [-0.2, -0.15) is 4.98 Å². The quantitative estimate of drug-likeness (QED) is 0.879. The predicted octanol–water partition coefficient (Wildman–Crippen LogP) is 1.59. The number of rotatable bonds is 5. The van der Waals surface area contributed by atoms with E-state index in [1.54, 1.807) is 12.3 Å². The van der Waals surface area contributed by atoms with Crippen molar-refractivity contribution in [1.82, 2.24) is 9.97 Å². The summed E-state index contributed by atoms with van der Waals surface area (Å²) in [6, 6.07) is 2.08. The van der Waals surface area contributed by atoms with Crippen LogP contribution in [0.15, 0.2) is 12.3 Å². The maximum absolute atomic E-state index is 11.3. The topological polar surface area (TPSA) is 64.1 Å². The first-order valence-corrected chi connectivity index (χ1v) is 7.84. The molecule has 0 unspecified atom stereocenters. The summed E-state index contributed by atoms with van der Waals surface area (Å²) < 4.78 is 16.7. The zero-order valence-corrected chi connectivity index (χ0v) is 11.4. The van der Waals surface area contributed by atoms with E-state index >= 15 is 0 Å². The lowest BCUT2D eigenvalue weighted by Crippen LogP contribution is -2.30. The van der Waals surface area contributed by atoms with Crippen LogP contribution in [0.3, 0.4) is 0 Å². The highest BCUT2D eigenvalue weighted by Crippen LogP contribution is 2.15. The van der Waals surface area contributed by atoms with Crippen LogP contribution in [0, 0.1) is 0 Å². The van der Waals surface area contributed by atoms with Gasteiger partial charge in [-0.1, -0.05) is 6.92 Å². The van der Waals surface area contributed by atoms with Crippen molar-refractivity contribution >= 4 is 16.7 Å². The van der Waals surface area contributed by atoms with Crippen LogP contribution >= 0.6 is 0 Å². The van der Waals surface area contributed by atoms with Gasteiger partial charge in [0.2, 0.25) is 11.8 Å². The lowest BCUT2D eigenvalue weighted by atomic mass is 10.2. The van der Waals surface area contributed by atoms with Crippen LogP contribution in [-0.2, 0) is 10.8 Å². The third-order valence-corrected chi connectivity index (χ3v) is 4.19. The van der Waals surface area contributed by atoms with E-state index in [0.717, 1.165) is 30.8 Å². The van der Waals surface area contributed by atoms with Gasteiger partial charge in [0.05, 0.1) is 6.61 Å². The molecule has 1 aliphatic heterocycles. The lowest BCUT2D eigenvalue weighted by molar-refractivity contribution is 0.305. The van der Waals surface area contributed by atoms with Crippen LogP contribution in [0.2, 0.25) is 0 Å². The highest BCUT2D eigenvalue weighted by Gasteiger charge is 2.18. The Hall–Kier alpha value is -1.17. The molecular weight excluding hydrogens is 250 g/mol. The summed E-state index contributed by atoms with van der Waals surface area (Å²) in [4.78, 5) is 8.49. The van der Waals surface area contributed by atoms with E-state index in [4.69, 9.17) is 4.74 Å². The Bertz CT molecular complexity index is 404. The number of aromatic nitrogens is 2. The normalized spacial score (nSPS) is 23.6. The minimum absolute atomic E-state index is 0.323. The summed E-state index contributed by atoms with van der Waals surface area (Å²) in [6.45, 7) is 2.72. The van der Waals surface area contributed by atoms with Gasteiger partial charge in [-0.15, -0.1) is 0 Å². The molecule has 1 N–H and O–H groups in total. The lowest BCUT2D eigenvalue weighted by Gasteiger charge is -2.22. The average Bonchev–Trinajstić information content (AvgIpc) is 2.40. The Morgan fingerprint density at radius 3 is 3.00 bits per heavy atom. The fraction of sp³-hybridized carbons (Fsp3) is 0.667. The molecule has 0 saturated carbocycles. The molecule has 1 aromatic heterocycles. The highest BCUT2D eigenvalue weighted by molar-refractivity contribution is 7.85. The highest BCUT2D eigenvalue weighted by atomic mass is 32.2. The second-order valence-electron chi connectivity index (χ2n) is 4.33. The third kappa shape index (κ3) is 3.94. The Balaban J connectivity index is 1.90. The largest absolute Gasteiger partial charge is 0.478 e. The first-order chi connectivity index (χ1) is 8.78. The standard InChI is InChI=1S/C12H19N3O2S/c1-2-7-17-11-3-6-13-12(15-11)14-10-4-8-18(16)9-5-10/h3,6,10H,2,4-5,7-9H2,1H3,(H,13,14,15). The maximum Gasteiger partial charge on any atom is 0.226 e. The number of hydrogen-bond acceptors (Lipinski definition) is 5. The zero-order valence-electron chi connectivity index (χ0n) is 10.6. The molecule has 18 heavy (non-hydrogen) atoms. The van der Waals surface area contributed by atoms with Crippen molar-refractivity contribution in [2.45, 2.75) is 32.2 Å². The van der Waals surface area contributed by atoms with Gasteiger partial charge < -0.3 is 10.1 Å². The zero-order chi connectivity index (χ0) is 12.8. The van der Waals surface area contributed by atoms with Crippen molar-refractivity contribution in [3.63, 3.8) is 0 Å². The van der Waals surface area contributed by atoms with Crippen LogP contribution in [0.1, 0.15) is 26.2 Å². The van der Waals surface area contributed by atoms with Gasteiger partial charge >= 0.3 is 0 Å². The van der Waals surface area contributed by atoms with E-state index in [2.05, 4.69) is 22.2 Å². The number of ether oxygens (including phenoxy) is 1. The fourth-order valence-electron chi connectivity index (χ4n) is 1.82. The van der Waals surface area contributed by atoms with Crippen molar-refractivity contribution in [2.75, 3.05) is 23.4 Å². The molecule has 2 rings (SSSR count). The molecule has 0 bridgehead atoms. The summed E-state index contributed by atoms with van der Waals surface area (Å²) >= 11 is 0. The van der Waals surface area contributed by atoms with Crippen LogP contribution in [0.25, 0.3) is 0 Å². The van der Waals surface area contributed by atoms with Crippen LogP contribution in [-0.4, -0.2) is 38.3 Å². The van der Waals surface area contributed by atoms with Gasteiger partial charge in [-0.25, -0.2) is 4.98 Å². The van der Waals surface area contributed by atoms with E-state index in [-0.39, 0.29) is 0 Å². The molecule has 6 heteroatoms. The van der Waals surface area contributed by atoms with Gasteiger partial charge in [0.15, 0.2) is 0 Å². The van der Waals surface area contributed by atoms with Crippen LogP contribution in [0.4, 0.5) is 5.95 Å². The SMILES string of the molecule is CCCOc1ccnc(NC2CCS(=O)CC2)n1. The molecule has 0 aliphatic carbocycles. The molecule has 1 fully saturated rings. The van der Waals surface area contributed by atoms with Crippen molar-refractivity contribution in [3.8, 4) is 5.88 Å². The van der Waals surface area contributed by atoms with Gasteiger partial charge in [0.1, 0.15) is 0 Å². The number of nitrogens with zero attached hydrogens (tertiary/aromatic N) is 2. The Labute approximate surface area is 110 Å². The van der Waals surface area contributed by atoms with E-state index in [1.165, 1.54) is 0 Å². The van der Waals surface area contributed by atoms with Crippen molar-refractivity contribution in [1.29, 1.82) is 0 Å². The molecule has 2 heterocycles. The number of hydrogen-bond donors (Lipinski definition) is 1. The predicted molar refractivity (Wildman–Crippen MR) is 72.3 cm³/mol. The number of anilines is 1. The molecule has 1 saturated heterocycles. The molecule has 100 valence electrons. The van der Waals surface area contributed by atoms with Gasteiger partial charge in [-0.05, 0) is 19.3 Å². The second kappa shape index (κ2) is 6.68. The molecule has 1 aromatic rings. The van der Waals surface area contributed by atoms with Crippen LogP contribution < -0.4 is 10.1 Å². The Morgan fingerprint density at radius 1 is 1.50 bits per heavy atom. The monoisotopic (exact) mass is 269 g/mol. The maximum atomic E-state index is 11.3. The van der Waals surface area contributed by atoms with E-state index < -0.39 is 10.8 Å². The molecule has 0 spiro atoms. The summed E-state index contributed by atoms with van der Waals surface area (Å²) in [5.41, 5.74) is 0. The molecule has 0 radical (unpaired) electrons. The first kappa shape index (κ1) is 13.3. The molecule has 5 nitrogen and oxygen atoms in total. The van der Waals surface area contributed by atoms with Gasteiger partial charge in [0, 0.05) is 40.6 Å². The molecule has 1 aliphatic rings. The minimum atomic E-state index is -0.633. The minimum Gasteiger partial charge on any atom is -0.478 e. The molecule has 0 aromatic carbocycles. The fourth-order valence-corrected chi connectivity index (χ4v) is 3.12. The van der Waals surface area contributed by atoms with Crippen LogP contribution in [0.5, 0.6) is 5.88 Å². The summed E-state index contributed by atoms with van der Waals surface area (Å²) in [5, 5.41) is 3.28. The van der Waals surface area contributed by atoms with E-state index in [0.29, 0.717) is 24.5 Å². The van der Waals surface area contributed by atoms with Crippen molar-refractivity contribution in [3.05, 3.63) is 12.3 Å². The second-order valence-corrected chi connectivity index (χ2v) is 6.03. The third-order valence-electron chi connectivity index (χ3n) is 2.81. The van der Waals surface area contributed by atoms with Crippen molar-refractivity contribution < 1.29 is 8.95 Å². The summed E-state index contributed by atoms with van der Waals surface area (Å²) in [6.07, 6.45) is 4.48. The molecule has 0 atom stereocenters. The average molecular weight is 269 g/mol. The van der Waals surface area contributed by atoms with E-state index in [9.17, 15) is 4.21 Å². The summed E-state index contributed by atoms with van der Waals surface area (Å²) in [5.74, 6) is 2.74. The van der Waals surface area contributed by atoms with Gasteiger partial charge in [-0.3, -0.25) is 4.21 Å². The molecular formula is C12H19N3O2S. The van der Waals surface area contributed by atoms with Gasteiger partial charge in [0.25, 0.3) is 0 Å². The summed E-state index contributed by atoms with van der Waals surface area (Å²) in [7, 11) is -0.633.